The maximum Gasteiger partial charge on any atom is 0.236 e. The van der Waals surface area contributed by atoms with Crippen molar-refractivity contribution < 1.29 is 4.79 Å². The van der Waals surface area contributed by atoms with E-state index in [9.17, 15) is 4.79 Å². The van der Waals surface area contributed by atoms with Gasteiger partial charge in [-0.15, -0.1) is 10.2 Å². The molecule has 1 unspecified atom stereocenters. The number of aromatic nitrogens is 4. The number of nitrogens with zero attached hydrogens (tertiary/aromatic N) is 5. The number of amides is 1. The summed E-state index contributed by atoms with van der Waals surface area (Å²) in [5, 5.41) is 9.14. The first-order valence-electron chi connectivity index (χ1n) is 9.38. The Balaban J connectivity index is 1.70. The van der Waals surface area contributed by atoms with Crippen LogP contribution in [-0.4, -0.2) is 48.4 Å². The van der Waals surface area contributed by atoms with Crippen LogP contribution in [-0.2, 0) is 11.8 Å². The van der Waals surface area contributed by atoms with E-state index in [2.05, 4.69) is 27.0 Å². The topological polar surface area (TPSA) is 63.9 Å². The number of hydrogen-bond donors (Lipinski definition) is 0. The first-order chi connectivity index (χ1) is 12.6. The lowest BCUT2D eigenvalue weighted by atomic mass is 9.94. The summed E-state index contributed by atoms with van der Waals surface area (Å²) in [6, 6.07) is 4.24. The normalized spacial score (nSPS) is 16.4. The quantitative estimate of drug-likeness (QED) is 0.725. The first kappa shape index (κ1) is 18.9. The van der Waals surface area contributed by atoms with Gasteiger partial charge in [-0.05, 0) is 38.8 Å². The SMILES string of the molecule is CCN(C(=O)C(C)Sc1nnc(-c2cccnc2)n1C)C1CCCCC1. The molecule has 2 aromatic heterocycles. The molecule has 0 saturated heterocycles. The fourth-order valence-electron chi connectivity index (χ4n) is 3.59. The summed E-state index contributed by atoms with van der Waals surface area (Å²) in [5.41, 5.74) is 0.922. The van der Waals surface area contributed by atoms with Crippen molar-refractivity contribution in [2.45, 2.75) is 62.4 Å². The number of hydrogen-bond acceptors (Lipinski definition) is 5. The summed E-state index contributed by atoms with van der Waals surface area (Å²) in [6.07, 6.45) is 9.53. The van der Waals surface area contributed by atoms with Gasteiger partial charge < -0.3 is 9.47 Å². The van der Waals surface area contributed by atoms with E-state index in [1.165, 1.54) is 31.0 Å². The van der Waals surface area contributed by atoms with Gasteiger partial charge in [-0.1, -0.05) is 31.0 Å². The number of carbonyl (C=O) groups is 1. The van der Waals surface area contributed by atoms with E-state index < -0.39 is 0 Å². The van der Waals surface area contributed by atoms with Crippen LogP contribution >= 0.6 is 11.8 Å². The Morgan fingerprint density at radius 2 is 2.12 bits per heavy atom. The van der Waals surface area contributed by atoms with E-state index >= 15 is 0 Å². The fourth-order valence-corrected chi connectivity index (χ4v) is 4.48. The largest absolute Gasteiger partial charge is 0.339 e. The zero-order valence-electron chi connectivity index (χ0n) is 15.8. The highest BCUT2D eigenvalue weighted by atomic mass is 32.2. The van der Waals surface area contributed by atoms with Gasteiger partial charge in [0, 0.05) is 37.6 Å². The minimum Gasteiger partial charge on any atom is -0.339 e. The third-order valence-electron chi connectivity index (χ3n) is 5.02. The molecule has 0 radical (unpaired) electrons. The highest BCUT2D eigenvalue weighted by molar-refractivity contribution is 8.00. The molecule has 1 saturated carbocycles. The molecule has 1 fully saturated rings. The van der Waals surface area contributed by atoms with E-state index in [4.69, 9.17) is 0 Å². The Hall–Kier alpha value is -1.89. The Labute approximate surface area is 159 Å². The molecular weight excluding hydrogens is 346 g/mol. The second kappa shape index (κ2) is 8.66. The van der Waals surface area contributed by atoms with Crippen LogP contribution in [0, 0.1) is 0 Å². The highest BCUT2D eigenvalue weighted by Crippen LogP contribution is 2.29. The van der Waals surface area contributed by atoms with E-state index in [1.54, 1.807) is 12.4 Å². The molecule has 3 rings (SSSR count). The highest BCUT2D eigenvalue weighted by Gasteiger charge is 2.29. The maximum absolute atomic E-state index is 13.0. The third-order valence-corrected chi connectivity index (χ3v) is 6.15. The smallest absolute Gasteiger partial charge is 0.236 e. The second-order valence-electron chi connectivity index (χ2n) is 6.78. The van der Waals surface area contributed by atoms with Crippen LogP contribution in [0.1, 0.15) is 46.0 Å². The van der Waals surface area contributed by atoms with E-state index in [0.29, 0.717) is 6.04 Å². The van der Waals surface area contributed by atoms with Crippen molar-refractivity contribution in [1.29, 1.82) is 0 Å². The van der Waals surface area contributed by atoms with Crippen molar-refractivity contribution in [3.8, 4) is 11.4 Å². The molecule has 0 N–H and O–H groups in total. The molecule has 1 aliphatic carbocycles. The summed E-state index contributed by atoms with van der Waals surface area (Å²) in [4.78, 5) is 19.2. The third kappa shape index (κ3) is 4.09. The van der Waals surface area contributed by atoms with Gasteiger partial charge in [0.1, 0.15) is 0 Å². The van der Waals surface area contributed by atoms with Crippen molar-refractivity contribution in [2.24, 2.45) is 7.05 Å². The molecule has 2 aromatic rings. The molecule has 2 heterocycles. The predicted octanol–water partition coefficient (Wildman–Crippen LogP) is 3.54. The minimum absolute atomic E-state index is 0.179. The van der Waals surface area contributed by atoms with Gasteiger partial charge in [0.15, 0.2) is 11.0 Å². The van der Waals surface area contributed by atoms with Crippen LogP contribution in [0.4, 0.5) is 0 Å². The van der Waals surface area contributed by atoms with Crippen molar-refractivity contribution in [3.63, 3.8) is 0 Å². The van der Waals surface area contributed by atoms with Gasteiger partial charge in [-0.2, -0.15) is 0 Å². The van der Waals surface area contributed by atoms with Crippen LogP contribution < -0.4 is 0 Å². The average Bonchev–Trinajstić information content (AvgIpc) is 3.04. The van der Waals surface area contributed by atoms with Gasteiger partial charge in [-0.3, -0.25) is 9.78 Å². The second-order valence-corrected chi connectivity index (χ2v) is 8.09. The number of thioether (sulfide) groups is 1. The lowest BCUT2D eigenvalue weighted by molar-refractivity contribution is -0.133. The van der Waals surface area contributed by atoms with Crippen LogP contribution in [0.25, 0.3) is 11.4 Å². The molecule has 0 aliphatic heterocycles. The van der Waals surface area contributed by atoms with Crippen molar-refractivity contribution in [3.05, 3.63) is 24.5 Å². The minimum atomic E-state index is -0.179. The monoisotopic (exact) mass is 373 g/mol. The van der Waals surface area contributed by atoms with Gasteiger partial charge >= 0.3 is 0 Å². The fraction of sp³-hybridized carbons (Fsp3) is 0.579. The molecule has 6 nitrogen and oxygen atoms in total. The van der Waals surface area contributed by atoms with E-state index in [-0.39, 0.29) is 11.2 Å². The zero-order chi connectivity index (χ0) is 18.5. The Bertz CT molecular complexity index is 727. The van der Waals surface area contributed by atoms with Gasteiger partial charge in [0.2, 0.25) is 5.91 Å². The molecule has 140 valence electrons. The van der Waals surface area contributed by atoms with Gasteiger partial charge in [0.25, 0.3) is 0 Å². The molecule has 0 spiro atoms. The Morgan fingerprint density at radius 1 is 1.35 bits per heavy atom. The molecule has 1 amide bonds. The molecule has 7 heteroatoms. The number of carbonyl (C=O) groups excluding carboxylic acids is 1. The van der Waals surface area contributed by atoms with Crippen molar-refractivity contribution in [1.82, 2.24) is 24.6 Å². The molecule has 0 bridgehead atoms. The predicted molar refractivity (Wildman–Crippen MR) is 104 cm³/mol. The maximum atomic E-state index is 13.0. The van der Waals surface area contributed by atoms with Crippen molar-refractivity contribution >= 4 is 17.7 Å². The Kier molecular flexibility index (Phi) is 6.29. The lowest BCUT2D eigenvalue weighted by Gasteiger charge is -2.35. The standard InChI is InChI=1S/C19H27N5OS/c1-4-24(16-10-6-5-7-11-16)18(25)14(2)26-19-22-21-17(23(19)3)15-9-8-12-20-13-15/h8-9,12-14,16H,4-7,10-11H2,1-3H3. The number of pyridine rings is 1. The molecular formula is C19H27N5OS. The summed E-state index contributed by atoms with van der Waals surface area (Å²) in [6.45, 7) is 4.82. The van der Waals surface area contributed by atoms with Crippen molar-refractivity contribution in [2.75, 3.05) is 6.54 Å². The van der Waals surface area contributed by atoms with Crippen LogP contribution in [0.2, 0.25) is 0 Å². The van der Waals surface area contributed by atoms with Crippen LogP contribution in [0.15, 0.2) is 29.7 Å². The first-order valence-corrected chi connectivity index (χ1v) is 10.3. The molecule has 26 heavy (non-hydrogen) atoms. The van der Waals surface area contributed by atoms with Crippen LogP contribution in [0.3, 0.4) is 0 Å². The summed E-state index contributed by atoms with van der Waals surface area (Å²) >= 11 is 1.48. The van der Waals surface area contributed by atoms with Gasteiger partial charge in [-0.25, -0.2) is 0 Å². The molecule has 1 aliphatic rings. The van der Waals surface area contributed by atoms with Crippen LogP contribution in [0.5, 0.6) is 0 Å². The van der Waals surface area contributed by atoms with E-state index in [1.807, 2.05) is 30.7 Å². The summed E-state index contributed by atoms with van der Waals surface area (Å²) in [7, 11) is 1.93. The molecule has 1 atom stereocenters. The zero-order valence-corrected chi connectivity index (χ0v) is 16.6. The lowest BCUT2D eigenvalue weighted by Crippen LogP contribution is -2.44. The van der Waals surface area contributed by atoms with E-state index in [0.717, 1.165) is 35.9 Å². The summed E-state index contributed by atoms with van der Waals surface area (Å²) in [5.74, 6) is 0.968. The number of rotatable bonds is 6. The summed E-state index contributed by atoms with van der Waals surface area (Å²) < 4.78 is 1.93. The van der Waals surface area contributed by atoms with Gasteiger partial charge in [0.05, 0.1) is 5.25 Å². The Morgan fingerprint density at radius 3 is 2.77 bits per heavy atom. The molecule has 0 aromatic carbocycles. The average molecular weight is 374 g/mol.